The predicted octanol–water partition coefficient (Wildman–Crippen LogP) is 0.751. The second-order valence-corrected chi connectivity index (χ2v) is 6.95. The molecule has 0 spiro atoms. The highest BCUT2D eigenvalue weighted by molar-refractivity contribution is 5.76. The molecule has 3 saturated heterocycles. The lowest BCUT2D eigenvalue weighted by Crippen LogP contribution is -2.47. The van der Waals surface area contributed by atoms with Gasteiger partial charge in [0, 0.05) is 38.8 Å². The summed E-state index contributed by atoms with van der Waals surface area (Å²) in [5.74, 6) is 0.754. The Morgan fingerprint density at radius 1 is 1.22 bits per heavy atom. The van der Waals surface area contributed by atoms with Gasteiger partial charge in [0.05, 0.1) is 39.0 Å². The zero-order valence-corrected chi connectivity index (χ0v) is 14.2. The number of amides is 1. The van der Waals surface area contributed by atoms with Crippen molar-refractivity contribution in [1.29, 1.82) is 0 Å². The van der Waals surface area contributed by atoms with Crippen molar-refractivity contribution >= 4 is 5.91 Å². The number of morpholine rings is 1. The van der Waals surface area contributed by atoms with Crippen molar-refractivity contribution in [3.05, 3.63) is 0 Å². The lowest BCUT2D eigenvalue weighted by atomic mass is 10.0. The summed E-state index contributed by atoms with van der Waals surface area (Å²) in [4.78, 5) is 16.9. The van der Waals surface area contributed by atoms with E-state index >= 15 is 0 Å². The van der Waals surface area contributed by atoms with Gasteiger partial charge in [-0.15, -0.1) is 0 Å². The van der Waals surface area contributed by atoms with Crippen LogP contribution in [0, 0.1) is 5.92 Å². The van der Waals surface area contributed by atoms with E-state index in [0.29, 0.717) is 31.6 Å². The van der Waals surface area contributed by atoms with Crippen molar-refractivity contribution in [3.8, 4) is 0 Å². The Hall–Kier alpha value is -0.690. The van der Waals surface area contributed by atoms with Crippen molar-refractivity contribution in [1.82, 2.24) is 9.80 Å². The summed E-state index contributed by atoms with van der Waals surface area (Å²) in [6.45, 7) is 9.55. The molecule has 3 heterocycles. The van der Waals surface area contributed by atoms with E-state index in [0.717, 1.165) is 58.8 Å². The van der Waals surface area contributed by atoms with Gasteiger partial charge in [0.15, 0.2) is 0 Å². The van der Waals surface area contributed by atoms with Crippen LogP contribution >= 0.6 is 0 Å². The number of carbonyl (C=O) groups excluding carboxylic acids is 1. The van der Waals surface area contributed by atoms with Crippen LogP contribution in [0.3, 0.4) is 0 Å². The fourth-order valence-electron chi connectivity index (χ4n) is 3.85. The molecule has 0 aromatic carbocycles. The van der Waals surface area contributed by atoms with E-state index in [1.165, 1.54) is 0 Å². The first-order chi connectivity index (χ1) is 11.2. The maximum Gasteiger partial charge on any atom is 0.224 e. The zero-order chi connectivity index (χ0) is 16.1. The molecule has 6 heteroatoms. The molecule has 132 valence electrons. The topological polar surface area (TPSA) is 51.2 Å². The minimum atomic E-state index is 0.222. The van der Waals surface area contributed by atoms with Gasteiger partial charge >= 0.3 is 0 Å². The average Bonchev–Trinajstić information content (AvgIpc) is 3.22. The molecular formula is C17H30N2O4. The summed E-state index contributed by atoms with van der Waals surface area (Å²) in [7, 11) is 0. The number of hydrogen-bond donors (Lipinski definition) is 0. The van der Waals surface area contributed by atoms with Crippen molar-refractivity contribution in [2.45, 2.75) is 38.3 Å². The highest BCUT2D eigenvalue weighted by Gasteiger charge is 2.36. The van der Waals surface area contributed by atoms with E-state index in [-0.39, 0.29) is 12.0 Å². The van der Waals surface area contributed by atoms with Crippen LogP contribution in [0.25, 0.3) is 0 Å². The predicted molar refractivity (Wildman–Crippen MR) is 86.3 cm³/mol. The number of hydrogen-bond acceptors (Lipinski definition) is 5. The Labute approximate surface area is 139 Å². The fraction of sp³-hybridized carbons (Fsp3) is 0.941. The third-order valence-corrected chi connectivity index (χ3v) is 5.23. The van der Waals surface area contributed by atoms with Crippen molar-refractivity contribution in [3.63, 3.8) is 0 Å². The van der Waals surface area contributed by atoms with Gasteiger partial charge in [0.2, 0.25) is 5.91 Å². The van der Waals surface area contributed by atoms with Crippen LogP contribution in [-0.4, -0.2) is 87.1 Å². The molecule has 0 aliphatic carbocycles. The minimum absolute atomic E-state index is 0.222. The zero-order valence-electron chi connectivity index (χ0n) is 14.2. The van der Waals surface area contributed by atoms with Crippen LogP contribution < -0.4 is 0 Å². The van der Waals surface area contributed by atoms with Crippen LogP contribution in [0.2, 0.25) is 0 Å². The van der Waals surface area contributed by atoms with Crippen LogP contribution in [0.1, 0.15) is 26.2 Å². The average molecular weight is 326 g/mol. The molecule has 0 aromatic heterocycles. The Morgan fingerprint density at radius 3 is 2.78 bits per heavy atom. The third kappa shape index (κ3) is 4.66. The summed E-state index contributed by atoms with van der Waals surface area (Å²) >= 11 is 0. The van der Waals surface area contributed by atoms with E-state index < -0.39 is 0 Å². The summed E-state index contributed by atoms with van der Waals surface area (Å²) in [6, 6.07) is 0.482. The van der Waals surface area contributed by atoms with Gasteiger partial charge in [-0.2, -0.15) is 0 Å². The van der Waals surface area contributed by atoms with Crippen LogP contribution in [-0.2, 0) is 19.0 Å². The SMILES string of the molecule is C[C@@H]1CN(C(=O)CCOC[C@@H]2CCCO2)C[C@H]1N1CCOCC1. The summed E-state index contributed by atoms with van der Waals surface area (Å²) in [5.41, 5.74) is 0. The molecule has 0 bridgehead atoms. The number of ether oxygens (including phenoxy) is 3. The van der Waals surface area contributed by atoms with Crippen LogP contribution in [0.4, 0.5) is 0 Å². The van der Waals surface area contributed by atoms with E-state index in [9.17, 15) is 4.79 Å². The van der Waals surface area contributed by atoms with Gasteiger partial charge in [-0.1, -0.05) is 6.92 Å². The molecule has 3 aliphatic heterocycles. The van der Waals surface area contributed by atoms with Gasteiger partial charge in [-0.3, -0.25) is 9.69 Å². The van der Waals surface area contributed by atoms with Gasteiger partial charge in [-0.25, -0.2) is 0 Å². The Balaban J connectivity index is 1.36. The first kappa shape index (κ1) is 17.1. The quantitative estimate of drug-likeness (QED) is 0.674. The second kappa shape index (κ2) is 8.42. The van der Waals surface area contributed by atoms with Crippen molar-refractivity contribution in [2.75, 3.05) is 59.2 Å². The molecule has 3 fully saturated rings. The number of likely N-dealkylation sites (tertiary alicyclic amines) is 1. The molecule has 0 N–H and O–H groups in total. The lowest BCUT2D eigenvalue weighted by Gasteiger charge is -2.34. The third-order valence-electron chi connectivity index (χ3n) is 5.23. The summed E-state index contributed by atoms with van der Waals surface area (Å²) in [5, 5.41) is 0. The van der Waals surface area contributed by atoms with Gasteiger partial charge in [0.25, 0.3) is 0 Å². The van der Waals surface area contributed by atoms with E-state index in [4.69, 9.17) is 14.2 Å². The molecule has 3 atom stereocenters. The summed E-state index contributed by atoms with van der Waals surface area (Å²) < 4.78 is 16.6. The number of carbonyl (C=O) groups is 1. The van der Waals surface area contributed by atoms with E-state index in [1.807, 2.05) is 4.90 Å². The van der Waals surface area contributed by atoms with Crippen molar-refractivity contribution in [2.24, 2.45) is 5.92 Å². The molecular weight excluding hydrogens is 296 g/mol. The molecule has 0 saturated carbocycles. The highest BCUT2D eigenvalue weighted by Crippen LogP contribution is 2.23. The molecule has 0 radical (unpaired) electrons. The summed E-state index contributed by atoms with van der Waals surface area (Å²) in [6.07, 6.45) is 2.93. The number of nitrogens with zero attached hydrogens (tertiary/aromatic N) is 2. The van der Waals surface area contributed by atoms with E-state index in [2.05, 4.69) is 11.8 Å². The normalized spacial score (nSPS) is 32.6. The molecule has 0 unspecified atom stereocenters. The Bertz CT molecular complexity index is 381. The van der Waals surface area contributed by atoms with Gasteiger partial charge < -0.3 is 19.1 Å². The molecule has 23 heavy (non-hydrogen) atoms. The van der Waals surface area contributed by atoms with Crippen molar-refractivity contribution < 1.29 is 19.0 Å². The minimum Gasteiger partial charge on any atom is -0.379 e. The molecule has 3 rings (SSSR count). The molecule has 3 aliphatic rings. The van der Waals surface area contributed by atoms with Crippen LogP contribution in [0.15, 0.2) is 0 Å². The largest absolute Gasteiger partial charge is 0.379 e. The maximum atomic E-state index is 12.4. The monoisotopic (exact) mass is 326 g/mol. The molecule has 0 aromatic rings. The van der Waals surface area contributed by atoms with Gasteiger partial charge in [0.1, 0.15) is 0 Å². The van der Waals surface area contributed by atoms with Crippen LogP contribution in [0.5, 0.6) is 0 Å². The first-order valence-electron chi connectivity index (χ1n) is 9.03. The second-order valence-electron chi connectivity index (χ2n) is 6.95. The van der Waals surface area contributed by atoms with Gasteiger partial charge in [-0.05, 0) is 18.8 Å². The molecule has 1 amide bonds. The first-order valence-corrected chi connectivity index (χ1v) is 9.03. The fourth-order valence-corrected chi connectivity index (χ4v) is 3.85. The van der Waals surface area contributed by atoms with E-state index in [1.54, 1.807) is 0 Å². The standard InChI is InChI=1S/C17H30N2O4/c1-14-11-19(12-16(14)18-5-9-21-10-6-18)17(20)4-8-22-13-15-3-2-7-23-15/h14-16H,2-13H2,1H3/t14-,15+,16-/m1/s1. The lowest BCUT2D eigenvalue weighted by molar-refractivity contribution is -0.131. The number of rotatable bonds is 6. The Morgan fingerprint density at radius 2 is 2.04 bits per heavy atom. The maximum absolute atomic E-state index is 12.4. The highest BCUT2D eigenvalue weighted by atomic mass is 16.5. The smallest absolute Gasteiger partial charge is 0.224 e. The molecule has 6 nitrogen and oxygen atoms in total. The Kier molecular flexibility index (Phi) is 6.28.